The first-order valence-electron chi connectivity index (χ1n) is 6.62. The molecule has 0 fully saturated rings. The molecule has 0 aliphatic rings. The van der Waals surface area contributed by atoms with Crippen LogP contribution in [-0.4, -0.2) is 6.54 Å². The highest BCUT2D eigenvalue weighted by Crippen LogP contribution is 2.38. The van der Waals surface area contributed by atoms with E-state index in [1.807, 2.05) is 23.1 Å². The maximum Gasteiger partial charge on any atom is 0.0563 e. The minimum Gasteiger partial charge on any atom is -0.329 e. The molecule has 19 heavy (non-hydrogen) atoms. The van der Waals surface area contributed by atoms with Gasteiger partial charge >= 0.3 is 0 Å². The van der Waals surface area contributed by atoms with E-state index in [1.165, 1.54) is 20.9 Å². The number of thiophene rings is 1. The molecule has 0 aliphatic heterocycles. The van der Waals surface area contributed by atoms with Crippen molar-refractivity contribution in [2.75, 3.05) is 6.54 Å². The second-order valence-electron chi connectivity index (χ2n) is 5.03. The van der Waals surface area contributed by atoms with Crippen molar-refractivity contribution >= 4 is 23.1 Å². The molecule has 2 N–H and O–H groups in total. The Hall–Kier alpha value is -0.770. The number of rotatable bonds is 5. The number of hydrogen-bond donors (Lipinski definition) is 1. The smallest absolute Gasteiger partial charge is 0.0563 e. The Morgan fingerprint density at radius 3 is 2.32 bits per heavy atom. The lowest BCUT2D eigenvalue weighted by Gasteiger charge is -2.15. The van der Waals surface area contributed by atoms with Crippen molar-refractivity contribution in [3.63, 3.8) is 0 Å². The number of benzene rings is 1. The summed E-state index contributed by atoms with van der Waals surface area (Å²) in [5, 5.41) is 2.51. The van der Waals surface area contributed by atoms with Crippen LogP contribution in [0.3, 0.4) is 0 Å². The molecule has 1 aromatic heterocycles. The molecule has 1 unspecified atom stereocenters. The SMILES string of the molecule is Cc1ccsc1C(CN)Sc1ccc(C(C)C)cc1. The fraction of sp³-hybridized carbons (Fsp3) is 0.375. The van der Waals surface area contributed by atoms with Crippen molar-refractivity contribution in [2.24, 2.45) is 5.73 Å². The third kappa shape index (κ3) is 3.62. The number of aryl methyl sites for hydroxylation is 1. The van der Waals surface area contributed by atoms with Crippen LogP contribution in [0.1, 0.15) is 41.0 Å². The predicted molar refractivity (Wildman–Crippen MR) is 87.2 cm³/mol. The Morgan fingerprint density at radius 2 is 1.84 bits per heavy atom. The van der Waals surface area contributed by atoms with Crippen molar-refractivity contribution in [1.29, 1.82) is 0 Å². The zero-order chi connectivity index (χ0) is 13.8. The molecular formula is C16H21NS2. The molecule has 1 atom stereocenters. The van der Waals surface area contributed by atoms with Gasteiger partial charge in [-0.2, -0.15) is 0 Å². The average Bonchev–Trinajstić information content (AvgIpc) is 2.83. The fourth-order valence-corrected chi connectivity index (χ4v) is 4.26. The third-order valence-electron chi connectivity index (χ3n) is 3.23. The van der Waals surface area contributed by atoms with Gasteiger partial charge in [-0.25, -0.2) is 0 Å². The topological polar surface area (TPSA) is 26.0 Å². The van der Waals surface area contributed by atoms with E-state index in [2.05, 4.69) is 56.5 Å². The first kappa shape index (κ1) is 14.6. The second-order valence-corrected chi connectivity index (χ2v) is 7.26. The molecule has 2 rings (SSSR count). The lowest BCUT2D eigenvalue weighted by molar-refractivity contribution is 0.864. The highest BCUT2D eigenvalue weighted by Gasteiger charge is 2.15. The zero-order valence-electron chi connectivity index (χ0n) is 11.7. The Morgan fingerprint density at radius 1 is 1.16 bits per heavy atom. The van der Waals surface area contributed by atoms with Gasteiger partial charge in [0.05, 0.1) is 5.25 Å². The molecule has 0 radical (unpaired) electrons. The number of nitrogens with two attached hydrogens (primary N) is 1. The van der Waals surface area contributed by atoms with Gasteiger partial charge in [0.25, 0.3) is 0 Å². The fourth-order valence-electron chi connectivity index (χ4n) is 2.02. The summed E-state index contributed by atoms with van der Waals surface area (Å²) in [7, 11) is 0. The Balaban J connectivity index is 2.13. The van der Waals surface area contributed by atoms with E-state index in [1.54, 1.807) is 0 Å². The second kappa shape index (κ2) is 6.60. The van der Waals surface area contributed by atoms with Crippen molar-refractivity contribution < 1.29 is 0 Å². The summed E-state index contributed by atoms with van der Waals surface area (Å²) < 4.78 is 0. The number of hydrogen-bond acceptors (Lipinski definition) is 3. The lowest BCUT2D eigenvalue weighted by Crippen LogP contribution is -2.08. The molecule has 0 saturated heterocycles. The van der Waals surface area contributed by atoms with Crippen molar-refractivity contribution in [3.05, 3.63) is 51.7 Å². The van der Waals surface area contributed by atoms with Crippen LogP contribution in [0.25, 0.3) is 0 Å². The van der Waals surface area contributed by atoms with Crippen LogP contribution in [0.2, 0.25) is 0 Å². The monoisotopic (exact) mass is 291 g/mol. The van der Waals surface area contributed by atoms with Gasteiger partial charge in [0, 0.05) is 16.3 Å². The van der Waals surface area contributed by atoms with Crippen LogP contribution in [0.4, 0.5) is 0 Å². The van der Waals surface area contributed by atoms with Gasteiger partial charge in [-0.1, -0.05) is 26.0 Å². The van der Waals surface area contributed by atoms with Crippen LogP contribution in [0.5, 0.6) is 0 Å². The predicted octanol–water partition coefficient (Wildman–Crippen LogP) is 4.97. The zero-order valence-corrected chi connectivity index (χ0v) is 13.4. The summed E-state index contributed by atoms with van der Waals surface area (Å²) >= 11 is 3.68. The maximum atomic E-state index is 5.94. The van der Waals surface area contributed by atoms with Gasteiger partial charge in [0.15, 0.2) is 0 Å². The first-order chi connectivity index (χ1) is 9.11. The molecule has 2 aromatic rings. The average molecular weight is 291 g/mol. The van der Waals surface area contributed by atoms with Gasteiger partial charge in [0.2, 0.25) is 0 Å². The van der Waals surface area contributed by atoms with E-state index in [0.29, 0.717) is 17.7 Å². The van der Waals surface area contributed by atoms with Crippen molar-refractivity contribution in [2.45, 2.75) is 36.8 Å². The highest BCUT2D eigenvalue weighted by molar-refractivity contribution is 7.99. The molecule has 3 heteroatoms. The molecule has 1 aromatic carbocycles. The first-order valence-corrected chi connectivity index (χ1v) is 8.38. The van der Waals surface area contributed by atoms with E-state index in [0.717, 1.165) is 0 Å². The quantitative estimate of drug-likeness (QED) is 0.787. The van der Waals surface area contributed by atoms with Crippen LogP contribution >= 0.6 is 23.1 Å². The van der Waals surface area contributed by atoms with Crippen molar-refractivity contribution in [3.8, 4) is 0 Å². The van der Waals surface area contributed by atoms with Crippen molar-refractivity contribution in [1.82, 2.24) is 0 Å². The van der Waals surface area contributed by atoms with E-state index < -0.39 is 0 Å². The Kier molecular flexibility index (Phi) is 5.08. The van der Waals surface area contributed by atoms with Crippen LogP contribution in [0, 0.1) is 6.92 Å². The molecule has 0 aliphatic carbocycles. The molecule has 1 heterocycles. The molecule has 0 saturated carbocycles. The molecule has 0 bridgehead atoms. The van der Waals surface area contributed by atoms with Gasteiger partial charge in [-0.3, -0.25) is 0 Å². The van der Waals surface area contributed by atoms with Gasteiger partial charge in [0.1, 0.15) is 0 Å². The van der Waals surface area contributed by atoms with Gasteiger partial charge in [-0.15, -0.1) is 23.1 Å². The lowest BCUT2D eigenvalue weighted by atomic mass is 10.0. The standard InChI is InChI=1S/C16H21NS2/c1-11(2)13-4-6-14(7-5-13)19-15(10-17)16-12(3)8-9-18-16/h4-9,11,15H,10,17H2,1-3H3. The summed E-state index contributed by atoms with van der Waals surface area (Å²) in [6.07, 6.45) is 0. The summed E-state index contributed by atoms with van der Waals surface area (Å²) in [5.41, 5.74) is 8.69. The normalized spacial score (nSPS) is 12.9. The van der Waals surface area contributed by atoms with Gasteiger partial charge < -0.3 is 5.73 Å². The summed E-state index contributed by atoms with van der Waals surface area (Å²) in [6, 6.07) is 11.0. The largest absolute Gasteiger partial charge is 0.329 e. The molecule has 102 valence electrons. The minimum atomic E-state index is 0.366. The van der Waals surface area contributed by atoms with E-state index in [9.17, 15) is 0 Å². The maximum absolute atomic E-state index is 5.94. The summed E-state index contributed by atoms with van der Waals surface area (Å²) in [4.78, 5) is 2.70. The number of thioether (sulfide) groups is 1. The van der Waals surface area contributed by atoms with Crippen LogP contribution in [-0.2, 0) is 0 Å². The Labute approximate surface area is 124 Å². The summed E-state index contributed by atoms with van der Waals surface area (Å²) in [5.74, 6) is 0.587. The third-order valence-corrected chi connectivity index (χ3v) is 5.77. The van der Waals surface area contributed by atoms with E-state index in [-0.39, 0.29) is 0 Å². The van der Waals surface area contributed by atoms with Gasteiger partial charge in [-0.05, 0) is 47.5 Å². The van der Waals surface area contributed by atoms with E-state index in [4.69, 9.17) is 5.73 Å². The molecule has 0 spiro atoms. The van der Waals surface area contributed by atoms with Crippen LogP contribution in [0.15, 0.2) is 40.6 Å². The molecular weight excluding hydrogens is 270 g/mol. The Bertz CT molecular complexity index is 514. The van der Waals surface area contributed by atoms with Crippen LogP contribution < -0.4 is 5.73 Å². The minimum absolute atomic E-state index is 0.366. The molecule has 1 nitrogen and oxygen atoms in total. The summed E-state index contributed by atoms with van der Waals surface area (Å²) in [6.45, 7) is 7.29. The van der Waals surface area contributed by atoms with E-state index >= 15 is 0 Å². The molecule has 0 amide bonds. The highest BCUT2D eigenvalue weighted by atomic mass is 32.2.